The minimum absolute atomic E-state index is 0.00527. The lowest BCUT2D eigenvalue weighted by molar-refractivity contribution is -0.142. The van der Waals surface area contributed by atoms with Gasteiger partial charge in [-0.3, -0.25) is 14.4 Å². The van der Waals surface area contributed by atoms with Crippen LogP contribution in [0.2, 0.25) is 0 Å². The van der Waals surface area contributed by atoms with E-state index in [0.717, 1.165) is 10.9 Å². The molecule has 1 aromatic heterocycles. The number of nitrogens with two attached hydrogens (primary N) is 1. The SMILES string of the molecule is CC(C)C(NC(=O)C(N)CO)C(=O)NC(Cc1ccc(O)cc1)C(=O)NC(Cc1c[nH]c2ccccc12)C(=O)O. The van der Waals surface area contributed by atoms with Crippen LogP contribution in [0, 0.1) is 5.92 Å². The van der Waals surface area contributed by atoms with Crippen molar-refractivity contribution in [3.8, 4) is 5.75 Å². The normalized spacial score (nSPS) is 14.2. The predicted octanol–water partition coefficient (Wildman–Crippen LogP) is 0.173. The molecule has 4 unspecified atom stereocenters. The van der Waals surface area contributed by atoms with Gasteiger partial charge in [0.15, 0.2) is 0 Å². The van der Waals surface area contributed by atoms with E-state index in [1.165, 1.54) is 12.1 Å². The molecule has 0 fully saturated rings. The molecule has 2 aromatic carbocycles. The molecule has 12 nitrogen and oxygen atoms in total. The van der Waals surface area contributed by atoms with Crippen LogP contribution in [0.15, 0.2) is 54.7 Å². The van der Waals surface area contributed by atoms with Gasteiger partial charge in [-0.25, -0.2) is 4.79 Å². The van der Waals surface area contributed by atoms with Gasteiger partial charge in [0, 0.05) is 29.9 Å². The lowest BCUT2D eigenvalue weighted by Gasteiger charge is -2.27. The fourth-order valence-corrected chi connectivity index (χ4v) is 4.21. The number of aliphatic hydroxyl groups excluding tert-OH is 1. The molecule has 0 aliphatic heterocycles. The van der Waals surface area contributed by atoms with E-state index in [-0.39, 0.29) is 18.6 Å². The Morgan fingerprint density at radius 3 is 2.15 bits per heavy atom. The Morgan fingerprint density at radius 2 is 1.52 bits per heavy atom. The average molecular weight is 554 g/mol. The molecule has 0 spiro atoms. The van der Waals surface area contributed by atoms with Gasteiger partial charge < -0.3 is 42.0 Å². The maximum atomic E-state index is 13.4. The third-order valence-electron chi connectivity index (χ3n) is 6.50. The Morgan fingerprint density at radius 1 is 0.875 bits per heavy atom. The summed E-state index contributed by atoms with van der Waals surface area (Å²) in [7, 11) is 0. The molecule has 0 saturated carbocycles. The number of aliphatic hydroxyl groups is 1. The van der Waals surface area contributed by atoms with Gasteiger partial charge in [-0.1, -0.05) is 44.2 Å². The lowest BCUT2D eigenvalue weighted by Crippen LogP contribution is -2.59. The number of aromatic amines is 1. The largest absolute Gasteiger partial charge is 0.508 e. The molecular formula is C28H35N5O7. The lowest BCUT2D eigenvalue weighted by atomic mass is 10.00. The molecule has 0 bridgehead atoms. The summed E-state index contributed by atoms with van der Waals surface area (Å²) in [6.45, 7) is 2.76. The number of carboxylic acid groups (broad SMARTS) is 1. The number of carbonyl (C=O) groups is 4. The summed E-state index contributed by atoms with van der Waals surface area (Å²) in [5.41, 5.74) is 7.68. The number of carboxylic acids is 1. The zero-order valence-corrected chi connectivity index (χ0v) is 22.3. The molecule has 3 aromatic rings. The molecule has 0 aliphatic carbocycles. The molecule has 40 heavy (non-hydrogen) atoms. The summed E-state index contributed by atoms with van der Waals surface area (Å²) < 4.78 is 0. The molecule has 1 heterocycles. The van der Waals surface area contributed by atoms with Crippen molar-refractivity contribution in [1.29, 1.82) is 0 Å². The second kappa shape index (κ2) is 13.6. The Hall–Kier alpha value is -4.42. The number of aromatic hydroxyl groups is 1. The van der Waals surface area contributed by atoms with Crippen molar-refractivity contribution in [2.45, 2.75) is 50.9 Å². The second-order valence-corrected chi connectivity index (χ2v) is 9.91. The summed E-state index contributed by atoms with van der Waals surface area (Å²) in [5.74, 6) is -3.80. The molecule has 0 saturated heterocycles. The van der Waals surface area contributed by atoms with Crippen LogP contribution in [0.3, 0.4) is 0 Å². The van der Waals surface area contributed by atoms with E-state index in [1.54, 1.807) is 32.2 Å². The van der Waals surface area contributed by atoms with Crippen molar-refractivity contribution in [2.75, 3.05) is 6.61 Å². The monoisotopic (exact) mass is 553 g/mol. The minimum atomic E-state index is -1.30. The number of benzene rings is 2. The summed E-state index contributed by atoms with van der Waals surface area (Å²) >= 11 is 0. The molecule has 0 aliphatic rings. The zero-order chi connectivity index (χ0) is 29.4. The third-order valence-corrected chi connectivity index (χ3v) is 6.50. The number of nitrogens with one attached hydrogen (secondary N) is 4. The molecule has 214 valence electrons. The first-order valence-electron chi connectivity index (χ1n) is 12.8. The van der Waals surface area contributed by atoms with Crippen LogP contribution in [0.4, 0.5) is 0 Å². The Labute approximate surface area is 231 Å². The number of phenols is 1. The first-order valence-corrected chi connectivity index (χ1v) is 12.8. The number of para-hydroxylation sites is 1. The zero-order valence-electron chi connectivity index (χ0n) is 22.3. The standard InChI is InChI=1S/C28H35N5O7/c1-15(2)24(33-25(36)20(29)14-34)27(38)31-22(11-16-7-9-18(35)10-8-16)26(37)32-23(28(39)40)12-17-13-30-21-6-4-3-5-19(17)21/h3-10,13,15,20,22-24,30,34-35H,11-12,14,29H2,1-2H3,(H,31,38)(H,32,37)(H,33,36)(H,39,40). The highest BCUT2D eigenvalue weighted by molar-refractivity contribution is 5.94. The van der Waals surface area contributed by atoms with Gasteiger partial charge in [0.2, 0.25) is 17.7 Å². The Balaban J connectivity index is 1.83. The summed E-state index contributed by atoms with van der Waals surface area (Å²) in [4.78, 5) is 54.1. The van der Waals surface area contributed by atoms with Gasteiger partial charge in [-0.15, -0.1) is 0 Å². The topological polar surface area (TPSA) is 207 Å². The molecule has 4 atom stereocenters. The van der Waals surface area contributed by atoms with Gasteiger partial charge in [0.25, 0.3) is 0 Å². The van der Waals surface area contributed by atoms with E-state index in [0.29, 0.717) is 11.1 Å². The van der Waals surface area contributed by atoms with Gasteiger partial charge in [-0.2, -0.15) is 0 Å². The van der Waals surface area contributed by atoms with E-state index < -0.39 is 60.4 Å². The van der Waals surface area contributed by atoms with Gasteiger partial charge in [0.1, 0.15) is 29.9 Å². The number of H-pyrrole nitrogens is 1. The Kier molecular flexibility index (Phi) is 10.2. The highest BCUT2D eigenvalue weighted by atomic mass is 16.4. The van der Waals surface area contributed by atoms with Gasteiger partial charge in [-0.05, 0) is 35.2 Å². The van der Waals surface area contributed by atoms with Crippen LogP contribution in [-0.4, -0.2) is 74.8 Å². The number of rotatable bonds is 13. The smallest absolute Gasteiger partial charge is 0.326 e. The van der Waals surface area contributed by atoms with E-state index in [4.69, 9.17) is 10.8 Å². The quantitative estimate of drug-likeness (QED) is 0.146. The van der Waals surface area contributed by atoms with Crippen LogP contribution in [-0.2, 0) is 32.0 Å². The minimum Gasteiger partial charge on any atom is -0.508 e. The van der Waals surface area contributed by atoms with Gasteiger partial charge >= 0.3 is 5.97 Å². The number of carbonyl (C=O) groups excluding carboxylic acids is 3. The number of hydrogen-bond acceptors (Lipinski definition) is 7. The molecular weight excluding hydrogens is 518 g/mol. The summed E-state index contributed by atoms with van der Waals surface area (Å²) in [6, 6.07) is 8.55. The van der Waals surface area contributed by atoms with Crippen molar-refractivity contribution < 1.29 is 34.5 Å². The van der Waals surface area contributed by atoms with Crippen LogP contribution in [0.5, 0.6) is 5.75 Å². The predicted molar refractivity (Wildman–Crippen MR) is 147 cm³/mol. The number of aromatic nitrogens is 1. The average Bonchev–Trinajstić information content (AvgIpc) is 3.33. The van der Waals surface area contributed by atoms with E-state index >= 15 is 0 Å². The van der Waals surface area contributed by atoms with Crippen LogP contribution >= 0.6 is 0 Å². The third kappa shape index (κ3) is 7.80. The number of fused-ring (bicyclic) bond motifs is 1. The van der Waals surface area contributed by atoms with Gasteiger partial charge in [0.05, 0.1) is 6.61 Å². The van der Waals surface area contributed by atoms with Crippen molar-refractivity contribution in [2.24, 2.45) is 11.7 Å². The van der Waals surface area contributed by atoms with E-state index in [2.05, 4.69) is 20.9 Å². The maximum absolute atomic E-state index is 13.4. The van der Waals surface area contributed by atoms with Crippen LogP contribution < -0.4 is 21.7 Å². The van der Waals surface area contributed by atoms with Crippen LogP contribution in [0.25, 0.3) is 10.9 Å². The number of aliphatic carboxylic acids is 1. The van der Waals surface area contributed by atoms with Crippen molar-refractivity contribution in [3.05, 3.63) is 65.9 Å². The fraction of sp³-hybridized carbons (Fsp3) is 0.357. The highest BCUT2D eigenvalue weighted by Gasteiger charge is 2.32. The second-order valence-electron chi connectivity index (χ2n) is 9.91. The summed E-state index contributed by atoms with van der Waals surface area (Å²) in [5, 5.41) is 37.2. The molecule has 9 N–H and O–H groups in total. The van der Waals surface area contributed by atoms with Crippen molar-refractivity contribution in [1.82, 2.24) is 20.9 Å². The first-order chi connectivity index (χ1) is 19.0. The molecule has 3 rings (SSSR count). The maximum Gasteiger partial charge on any atom is 0.326 e. The van der Waals surface area contributed by atoms with Crippen molar-refractivity contribution in [3.63, 3.8) is 0 Å². The van der Waals surface area contributed by atoms with Crippen molar-refractivity contribution >= 4 is 34.6 Å². The van der Waals surface area contributed by atoms with E-state index in [1.807, 2.05) is 24.3 Å². The number of amides is 3. The number of hydrogen-bond donors (Lipinski definition) is 8. The first kappa shape index (κ1) is 30.1. The van der Waals surface area contributed by atoms with Crippen LogP contribution in [0.1, 0.15) is 25.0 Å². The summed E-state index contributed by atoms with van der Waals surface area (Å²) in [6.07, 6.45) is 1.66. The molecule has 12 heteroatoms. The molecule has 3 amide bonds. The molecule has 0 radical (unpaired) electrons. The highest BCUT2D eigenvalue weighted by Crippen LogP contribution is 2.19. The van der Waals surface area contributed by atoms with E-state index in [9.17, 15) is 29.4 Å². The Bertz CT molecular complexity index is 1340. The fourth-order valence-electron chi connectivity index (χ4n) is 4.21. The number of phenolic OH excluding ortho intramolecular Hbond substituents is 1.